The lowest BCUT2D eigenvalue weighted by Crippen LogP contribution is -2.42. The second-order valence-corrected chi connectivity index (χ2v) is 14.0. The topological polar surface area (TPSA) is 30.9 Å². The van der Waals surface area contributed by atoms with Crippen molar-refractivity contribution in [2.45, 2.75) is 12.5 Å². The van der Waals surface area contributed by atoms with Gasteiger partial charge in [-0.1, -0.05) is 23.0 Å². The van der Waals surface area contributed by atoms with Gasteiger partial charge in [-0.25, -0.2) is 0 Å². The van der Waals surface area contributed by atoms with Crippen LogP contribution in [0.5, 0.6) is 0 Å². The highest BCUT2D eigenvalue weighted by Crippen LogP contribution is 2.29. The van der Waals surface area contributed by atoms with Crippen molar-refractivity contribution in [1.29, 1.82) is 0 Å². The van der Waals surface area contributed by atoms with Crippen LogP contribution in [-0.2, 0) is 33.0 Å². The molecule has 1 atom stereocenters. The van der Waals surface area contributed by atoms with Crippen molar-refractivity contribution in [3.05, 3.63) is 0 Å². The van der Waals surface area contributed by atoms with Crippen LogP contribution in [0, 0.1) is 0 Å². The summed E-state index contributed by atoms with van der Waals surface area (Å²) in [4.78, 5) is 1.90. The fraction of sp³-hybridized carbons (Fsp3) is 0.889. The monoisotopic (exact) mass is 379 g/mol. The summed E-state index contributed by atoms with van der Waals surface area (Å²) in [5, 5.41) is 0. The summed E-state index contributed by atoms with van der Waals surface area (Å²) in [5.41, 5.74) is 0. The van der Waals surface area contributed by atoms with Crippen LogP contribution in [0.25, 0.3) is 0 Å². The van der Waals surface area contributed by atoms with Crippen LogP contribution < -0.4 is 0 Å². The van der Waals surface area contributed by atoms with E-state index in [1.54, 1.807) is 41.9 Å². The molecule has 0 fully saturated rings. The van der Waals surface area contributed by atoms with Gasteiger partial charge in [0.2, 0.25) is 0 Å². The molecule has 0 heterocycles. The van der Waals surface area contributed by atoms with Crippen LogP contribution >= 0.6 is 32.8 Å². The van der Waals surface area contributed by atoms with E-state index in [1.807, 2.05) is 19.0 Å². The van der Waals surface area contributed by atoms with Crippen molar-refractivity contribution in [2.75, 3.05) is 41.2 Å². The molecular formula is C9H21NO3S5Si. The molecule has 10 heteroatoms. The minimum absolute atomic E-state index is 0.337. The summed E-state index contributed by atoms with van der Waals surface area (Å²) in [6.07, 6.45) is 0.973. The number of hydrogen-bond donors (Lipinski definition) is 0. The molecule has 0 radical (unpaired) electrons. The van der Waals surface area contributed by atoms with Gasteiger partial charge in [0.25, 0.3) is 0 Å². The molecule has 0 amide bonds. The van der Waals surface area contributed by atoms with Crippen LogP contribution in [0.2, 0.25) is 6.04 Å². The second kappa shape index (κ2) is 10.9. The van der Waals surface area contributed by atoms with E-state index in [0.29, 0.717) is 0 Å². The summed E-state index contributed by atoms with van der Waals surface area (Å²) in [5.74, 6) is 0.978. The third-order valence-electron chi connectivity index (χ3n) is 2.26. The van der Waals surface area contributed by atoms with Gasteiger partial charge in [0.1, 0.15) is 0 Å². The predicted molar refractivity (Wildman–Crippen MR) is 97.3 cm³/mol. The van der Waals surface area contributed by atoms with E-state index in [9.17, 15) is 0 Å². The molecule has 0 aliphatic heterocycles. The lowest BCUT2D eigenvalue weighted by atomic mass is 10.6. The Morgan fingerprint density at radius 3 is 2.16 bits per heavy atom. The zero-order valence-corrected chi connectivity index (χ0v) is 16.9. The maximum atomic E-state index is 5.37. The van der Waals surface area contributed by atoms with Gasteiger partial charge in [-0.3, -0.25) is 0 Å². The van der Waals surface area contributed by atoms with Gasteiger partial charge in [0, 0.05) is 55.7 Å². The van der Waals surface area contributed by atoms with Crippen molar-refractivity contribution in [2.24, 2.45) is 0 Å². The molecule has 114 valence electrons. The van der Waals surface area contributed by atoms with Crippen molar-refractivity contribution in [3.8, 4) is 0 Å². The standard InChI is InChI=1S/C9H21NO3S5Si/c1-10(2)9(14)18(15)17-16-7-6-8-19(11-3,12-4)13-5/h6-8H2,1-5H3. The fourth-order valence-electron chi connectivity index (χ4n) is 1.16. The summed E-state index contributed by atoms with van der Waals surface area (Å²) in [7, 11) is 9.41. The Morgan fingerprint density at radius 2 is 1.74 bits per heavy atom. The van der Waals surface area contributed by atoms with E-state index >= 15 is 0 Å². The molecule has 0 aliphatic rings. The van der Waals surface area contributed by atoms with Gasteiger partial charge in [0.05, 0.1) is 0 Å². The lowest BCUT2D eigenvalue weighted by molar-refractivity contribution is 0.123. The van der Waals surface area contributed by atoms with Gasteiger partial charge < -0.3 is 18.2 Å². The quantitative estimate of drug-likeness (QED) is 0.261. The minimum atomic E-state index is -2.41. The Kier molecular flexibility index (Phi) is 11.6. The van der Waals surface area contributed by atoms with E-state index in [1.165, 1.54) is 0 Å². The average molecular weight is 380 g/mol. The summed E-state index contributed by atoms with van der Waals surface area (Å²) >= 11 is 10.6. The highest BCUT2D eigenvalue weighted by atomic mass is 33.6. The zero-order valence-electron chi connectivity index (χ0n) is 11.8. The normalized spacial score (nSPS) is 13.3. The molecule has 0 aromatic carbocycles. The van der Waals surface area contributed by atoms with Crippen LogP contribution in [0.3, 0.4) is 0 Å². The van der Waals surface area contributed by atoms with Gasteiger partial charge in [0.15, 0.2) is 4.32 Å². The van der Waals surface area contributed by atoms with Crippen molar-refractivity contribution < 1.29 is 13.3 Å². The molecule has 0 bridgehead atoms. The summed E-state index contributed by atoms with van der Waals surface area (Å²) in [6, 6.07) is 0.813. The molecule has 4 nitrogen and oxygen atoms in total. The van der Waals surface area contributed by atoms with E-state index in [-0.39, 0.29) is 8.49 Å². The van der Waals surface area contributed by atoms with Crippen LogP contribution in [-0.4, -0.2) is 59.2 Å². The predicted octanol–water partition coefficient (Wildman–Crippen LogP) is 2.48. The molecule has 0 aliphatic carbocycles. The number of hydrogen-bond acceptors (Lipinski definition) is 7. The Balaban J connectivity index is 3.87. The van der Waals surface area contributed by atoms with E-state index in [4.69, 9.17) is 36.7 Å². The Hall–Kier alpha value is 1.26. The van der Waals surface area contributed by atoms with Gasteiger partial charge in [-0.05, 0) is 27.4 Å². The third-order valence-corrected chi connectivity index (χ3v) is 13.5. The van der Waals surface area contributed by atoms with Gasteiger partial charge in [-0.2, -0.15) is 0 Å². The highest BCUT2D eigenvalue weighted by Gasteiger charge is 2.36. The molecule has 0 spiro atoms. The smallest absolute Gasteiger partial charge is 0.377 e. The molecule has 0 N–H and O–H groups in total. The first-order chi connectivity index (χ1) is 8.92. The molecule has 0 saturated carbocycles. The highest BCUT2D eigenvalue weighted by molar-refractivity contribution is 9.14. The second-order valence-electron chi connectivity index (χ2n) is 3.68. The number of rotatable bonds is 9. The molecule has 19 heavy (non-hydrogen) atoms. The van der Waals surface area contributed by atoms with Gasteiger partial charge >= 0.3 is 8.80 Å². The first-order valence-electron chi connectivity index (χ1n) is 5.51. The van der Waals surface area contributed by atoms with Crippen molar-refractivity contribution in [3.63, 3.8) is 0 Å². The molecular weight excluding hydrogens is 359 g/mol. The van der Waals surface area contributed by atoms with Crippen LogP contribution in [0.4, 0.5) is 0 Å². The SMILES string of the molecule is CO[Si](CCCSSS(=S)C(=S)N(C)C)(OC)OC. The van der Waals surface area contributed by atoms with Crippen molar-refractivity contribution in [1.82, 2.24) is 4.90 Å². The minimum Gasteiger partial charge on any atom is -0.377 e. The maximum Gasteiger partial charge on any atom is 0.500 e. The first-order valence-corrected chi connectivity index (χ1v) is 12.8. The Labute approximate surface area is 137 Å². The lowest BCUT2D eigenvalue weighted by Gasteiger charge is -2.24. The average Bonchev–Trinajstić information content (AvgIpc) is 2.42. The summed E-state index contributed by atoms with van der Waals surface area (Å²) < 4.78 is 16.9. The summed E-state index contributed by atoms with van der Waals surface area (Å²) in [6.45, 7) is 0. The van der Waals surface area contributed by atoms with Crippen LogP contribution in [0.1, 0.15) is 6.42 Å². The fourth-order valence-corrected chi connectivity index (χ4v) is 9.53. The molecule has 0 aromatic rings. The zero-order chi connectivity index (χ0) is 14.9. The molecule has 1 unspecified atom stereocenters. The molecule has 0 saturated heterocycles. The van der Waals surface area contributed by atoms with Crippen molar-refractivity contribution >= 4 is 65.6 Å². The largest absolute Gasteiger partial charge is 0.500 e. The number of thiocarbonyl (C=S) groups is 1. The number of nitrogens with zero attached hydrogens (tertiary/aromatic N) is 1. The molecule has 0 aromatic heterocycles. The van der Waals surface area contributed by atoms with E-state index in [0.717, 1.165) is 22.5 Å². The van der Waals surface area contributed by atoms with E-state index in [2.05, 4.69) is 0 Å². The molecule has 0 rings (SSSR count). The maximum absolute atomic E-state index is 5.37. The van der Waals surface area contributed by atoms with Crippen LogP contribution in [0.15, 0.2) is 0 Å². The Morgan fingerprint density at radius 1 is 1.21 bits per heavy atom. The first kappa shape index (κ1) is 20.3. The Bertz CT molecular complexity index is 293. The third kappa shape index (κ3) is 7.72. The van der Waals surface area contributed by atoms with Gasteiger partial charge in [-0.15, -0.1) is 0 Å². The van der Waals surface area contributed by atoms with E-state index < -0.39 is 8.80 Å².